The second-order valence-corrected chi connectivity index (χ2v) is 4.09. The first-order valence-corrected chi connectivity index (χ1v) is 5.18. The van der Waals surface area contributed by atoms with Gasteiger partial charge >= 0.3 is 0 Å². The summed E-state index contributed by atoms with van der Waals surface area (Å²) in [4.78, 5) is 21.8. The first kappa shape index (κ1) is 10.9. The zero-order chi connectivity index (χ0) is 10.0. The van der Waals surface area contributed by atoms with Gasteiger partial charge in [0.2, 0.25) is 9.39 Å². The van der Waals surface area contributed by atoms with Crippen LogP contribution in [0.1, 0.15) is 20.7 Å². The van der Waals surface area contributed by atoms with E-state index in [9.17, 15) is 9.59 Å². The summed E-state index contributed by atoms with van der Waals surface area (Å²) in [5.74, 6) is 0. The smallest absolute Gasteiger partial charge is 0.229 e. The Labute approximate surface area is 96.5 Å². The van der Waals surface area contributed by atoms with E-state index in [1.807, 2.05) is 0 Å². The van der Waals surface area contributed by atoms with Crippen molar-refractivity contribution in [2.45, 2.75) is 0 Å². The minimum atomic E-state index is -0.340. The van der Waals surface area contributed by atoms with Crippen LogP contribution in [0.5, 0.6) is 0 Å². The predicted molar refractivity (Wildman–Crippen MR) is 58.0 cm³/mol. The molecule has 0 amide bonds. The molecule has 0 radical (unpaired) electrons. The number of hydrogen-bond donors (Lipinski definition) is 0. The summed E-state index contributed by atoms with van der Waals surface area (Å²) in [6, 6.07) is 4.47. The molecule has 68 valence electrons. The van der Waals surface area contributed by atoms with Crippen LogP contribution in [-0.4, -0.2) is 9.39 Å². The molecule has 0 saturated carbocycles. The van der Waals surface area contributed by atoms with E-state index in [0.29, 0.717) is 10.6 Å². The Morgan fingerprint density at radius 3 is 2.23 bits per heavy atom. The lowest BCUT2D eigenvalue weighted by Gasteiger charge is -1.99. The zero-order valence-corrected chi connectivity index (χ0v) is 10.1. The summed E-state index contributed by atoms with van der Waals surface area (Å²) < 4.78 is -0.618. The Morgan fingerprint density at radius 2 is 1.77 bits per heavy atom. The lowest BCUT2D eigenvalue weighted by molar-refractivity contribution is 0.109. The van der Waals surface area contributed by atoms with Gasteiger partial charge in [-0.25, -0.2) is 0 Å². The summed E-state index contributed by atoms with van der Waals surface area (Å²) in [6.45, 7) is 0. The van der Waals surface area contributed by atoms with Crippen LogP contribution >= 0.6 is 43.5 Å². The van der Waals surface area contributed by atoms with E-state index >= 15 is 0 Å². The predicted octanol–water partition coefficient (Wildman–Crippen LogP) is 3.41. The summed E-state index contributed by atoms with van der Waals surface area (Å²) in [5.41, 5.74) is 0.680. The number of rotatable bonds is 2. The second kappa shape index (κ2) is 4.35. The first-order valence-electron chi connectivity index (χ1n) is 3.21. The normalized spacial score (nSPS) is 9.77. The molecule has 1 aromatic carbocycles. The van der Waals surface area contributed by atoms with E-state index in [4.69, 9.17) is 11.6 Å². The third kappa shape index (κ3) is 2.62. The van der Waals surface area contributed by atoms with Gasteiger partial charge in [-0.15, -0.1) is 0 Å². The zero-order valence-electron chi connectivity index (χ0n) is 6.18. The maximum Gasteiger partial charge on any atom is 0.229 e. The SMILES string of the molecule is O=C(Br)c1ccc(Cl)c(C(=O)Br)c1. The first-order chi connectivity index (χ1) is 6.02. The monoisotopic (exact) mass is 324 g/mol. The van der Waals surface area contributed by atoms with Gasteiger partial charge in [0.25, 0.3) is 0 Å². The standard InChI is InChI=1S/C8H3Br2ClO2/c9-7(12)4-1-2-6(11)5(3-4)8(10)13/h1-3H. The van der Waals surface area contributed by atoms with E-state index in [-0.39, 0.29) is 14.9 Å². The molecule has 0 N–H and O–H groups in total. The molecule has 0 aromatic heterocycles. The van der Waals surface area contributed by atoms with E-state index in [1.165, 1.54) is 12.1 Å². The molecule has 0 aliphatic rings. The van der Waals surface area contributed by atoms with Gasteiger partial charge in [0, 0.05) is 11.1 Å². The van der Waals surface area contributed by atoms with Crippen molar-refractivity contribution in [2.75, 3.05) is 0 Å². The Bertz CT molecular complexity index is 376. The molecular weight excluding hydrogens is 323 g/mol. The van der Waals surface area contributed by atoms with Crippen LogP contribution in [0.3, 0.4) is 0 Å². The molecule has 0 spiro atoms. The van der Waals surface area contributed by atoms with Crippen molar-refractivity contribution in [1.82, 2.24) is 0 Å². The summed E-state index contributed by atoms with van der Waals surface area (Å²) in [6.07, 6.45) is 0. The van der Waals surface area contributed by atoms with Crippen LogP contribution in [0, 0.1) is 0 Å². The minimum Gasteiger partial charge on any atom is -0.281 e. The molecule has 0 aliphatic carbocycles. The quantitative estimate of drug-likeness (QED) is 0.781. The molecule has 0 bridgehead atoms. The molecule has 0 fully saturated rings. The van der Waals surface area contributed by atoms with Crippen molar-refractivity contribution in [1.29, 1.82) is 0 Å². The topological polar surface area (TPSA) is 34.1 Å². The van der Waals surface area contributed by atoms with Gasteiger partial charge < -0.3 is 0 Å². The molecule has 0 saturated heterocycles. The Morgan fingerprint density at radius 1 is 1.15 bits per heavy atom. The van der Waals surface area contributed by atoms with E-state index in [0.717, 1.165) is 0 Å². The van der Waals surface area contributed by atoms with Gasteiger partial charge in [0.1, 0.15) is 0 Å². The van der Waals surface area contributed by atoms with E-state index < -0.39 is 0 Å². The average molecular weight is 326 g/mol. The Kier molecular flexibility index (Phi) is 3.64. The van der Waals surface area contributed by atoms with Crippen molar-refractivity contribution in [3.05, 3.63) is 34.3 Å². The van der Waals surface area contributed by atoms with E-state index in [2.05, 4.69) is 31.9 Å². The van der Waals surface area contributed by atoms with Gasteiger partial charge in [0.05, 0.1) is 5.02 Å². The van der Waals surface area contributed by atoms with Gasteiger partial charge in [-0.2, -0.15) is 0 Å². The largest absolute Gasteiger partial charge is 0.281 e. The number of carbonyl (C=O) groups is 2. The third-order valence-electron chi connectivity index (χ3n) is 1.41. The molecule has 2 nitrogen and oxygen atoms in total. The molecule has 0 unspecified atom stereocenters. The number of carbonyl (C=O) groups excluding carboxylic acids is 2. The third-order valence-corrected chi connectivity index (χ3v) is 2.62. The highest BCUT2D eigenvalue weighted by Gasteiger charge is 2.10. The molecule has 1 rings (SSSR count). The highest BCUT2D eigenvalue weighted by atomic mass is 79.9. The van der Waals surface area contributed by atoms with Crippen molar-refractivity contribution in [3.8, 4) is 0 Å². The van der Waals surface area contributed by atoms with Gasteiger partial charge in [-0.1, -0.05) is 11.6 Å². The van der Waals surface area contributed by atoms with Crippen molar-refractivity contribution >= 4 is 52.8 Å². The van der Waals surface area contributed by atoms with Gasteiger partial charge in [0.15, 0.2) is 0 Å². The van der Waals surface area contributed by atoms with Crippen LogP contribution in [0.4, 0.5) is 0 Å². The van der Waals surface area contributed by atoms with Gasteiger partial charge in [-0.05, 0) is 50.1 Å². The summed E-state index contributed by atoms with van der Waals surface area (Å²) in [7, 11) is 0. The van der Waals surface area contributed by atoms with Crippen molar-refractivity contribution in [2.24, 2.45) is 0 Å². The Hall–Kier alpha value is -0.190. The maximum absolute atomic E-state index is 10.9. The molecule has 5 heteroatoms. The number of hydrogen-bond acceptors (Lipinski definition) is 2. The van der Waals surface area contributed by atoms with Crippen LogP contribution < -0.4 is 0 Å². The van der Waals surface area contributed by atoms with Crippen LogP contribution in [0.25, 0.3) is 0 Å². The van der Waals surface area contributed by atoms with Crippen LogP contribution in [-0.2, 0) is 0 Å². The molecule has 0 aliphatic heterocycles. The number of halogens is 3. The molecule has 0 atom stereocenters. The van der Waals surface area contributed by atoms with Crippen molar-refractivity contribution in [3.63, 3.8) is 0 Å². The fraction of sp³-hybridized carbons (Fsp3) is 0. The van der Waals surface area contributed by atoms with Crippen LogP contribution in [0.2, 0.25) is 5.02 Å². The lowest BCUT2D eigenvalue weighted by atomic mass is 10.1. The van der Waals surface area contributed by atoms with Gasteiger partial charge in [-0.3, -0.25) is 9.59 Å². The number of benzene rings is 1. The van der Waals surface area contributed by atoms with Crippen LogP contribution in [0.15, 0.2) is 18.2 Å². The highest BCUT2D eigenvalue weighted by molar-refractivity contribution is 9.18. The Balaban J connectivity index is 3.27. The fourth-order valence-corrected chi connectivity index (χ4v) is 1.69. The molecular formula is C8H3Br2ClO2. The summed E-state index contributed by atoms with van der Waals surface area (Å²) in [5, 5.41) is 0.319. The average Bonchev–Trinajstić information content (AvgIpc) is 2.04. The maximum atomic E-state index is 10.9. The highest BCUT2D eigenvalue weighted by Crippen LogP contribution is 2.21. The van der Waals surface area contributed by atoms with Crippen molar-refractivity contribution < 1.29 is 9.59 Å². The molecule has 0 heterocycles. The second-order valence-electron chi connectivity index (χ2n) is 2.24. The molecule has 13 heavy (non-hydrogen) atoms. The molecule has 1 aromatic rings. The minimum absolute atomic E-state index is 0.279. The lowest BCUT2D eigenvalue weighted by Crippen LogP contribution is -1.94. The fourth-order valence-electron chi connectivity index (χ4n) is 0.798. The van der Waals surface area contributed by atoms with E-state index in [1.54, 1.807) is 6.07 Å². The summed E-state index contributed by atoms with van der Waals surface area (Å²) >= 11 is 11.3.